The molecule has 2 aromatic rings. The molecule has 1 amide bonds. The third-order valence-corrected chi connectivity index (χ3v) is 5.19. The van der Waals surface area contributed by atoms with Crippen LogP contribution in [-0.2, 0) is 11.3 Å². The van der Waals surface area contributed by atoms with Crippen LogP contribution in [0.5, 0.6) is 0 Å². The summed E-state index contributed by atoms with van der Waals surface area (Å²) in [4.78, 5) is 14.8. The number of hydrogen-bond donors (Lipinski definition) is 0. The summed E-state index contributed by atoms with van der Waals surface area (Å²) in [5.41, 5.74) is 0.511. The molecule has 2 aliphatic rings. The van der Waals surface area contributed by atoms with E-state index in [9.17, 15) is 4.79 Å². The molecule has 1 aliphatic heterocycles. The van der Waals surface area contributed by atoms with Gasteiger partial charge < -0.3 is 14.1 Å². The Hall–Kier alpha value is -2.08. The van der Waals surface area contributed by atoms with E-state index in [4.69, 9.17) is 9.15 Å². The van der Waals surface area contributed by atoms with Gasteiger partial charge in [0.25, 0.3) is 5.91 Å². The van der Waals surface area contributed by atoms with Gasteiger partial charge in [-0.15, -0.1) is 0 Å². The second kappa shape index (κ2) is 7.44. The Balaban J connectivity index is 1.49. The number of hydrogen-bond acceptors (Lipinski definition) is 4. The Morgan fingerprint density at radius 2 is 2.12 bits per heavy atom. The lowest BCUT2D eigenvalue weighted by atomic mass is 10.2. The van der Waals surface area contributed by atoms with Crippen molar-refractivity contribution in [3.63, 3.8) is 0 Å². The second-order valence-electron chi connectivity index (χ2n) is 7.02. The Morgan fingerprint density at radius 3 is 2.84 bits per heavy atom. The summed E-state index contributed by atoms with van der Waals surface area (Å²) in [6, 6.07) is 6.02. The monoisotopic (exact) mass is 343 g/mol. The molecule has 0 bridgehead atoms. The zero-order valence-corrected chi connectivity index (χ0v) is 14.5. The van der Waals surface area contributed by atoms with Gasteiger partial charge in [0, 0.05) is 19.3 Å². The number of furan rings is 1. The first-order chi connectivity index (χ1) is 12.3. The fourth-order valence-electron chi connectivity index (χ4n) is 3.83. The molecular weight excluding hydrogens is 318 g/mol. The third-order valence-electron chi connectivity index (χ3n) is 5.19. The minimum absolute atomic E-state index is 0.0522. The molecule has 0 spiro atoms. The number of nitrogens with zero attached hydrogens (tertiary/aromatic N) is 3. The van der Waals surface area contributed by atoms with Gasteiger partial charge in [0.2, 0.25) is 0 Å². The van der Waals surface area contributed by atoms with Crippen LogP contribution < -0.4 is 0 Å². The maximum atomic E-state index is 13.0. The first kappa shape index (κ1) is 16.4. The minimum Gasteiger partial charge on any atom is -0.467 e. The van der Waals surface area contributed by atoms with E-state index in [1.807, 2.05) is 29.1 Å². The van der Waals surface area contributed by atoms with Crippen LogP contribution in [-0.4, -0.2) is 39.8 Å². The van der Waals surface area contributed by atoms with Crippen molar-refractivity contribution < 1.29 is 13.9 Å². The van der Waals surface area contributed by atoms with Gasteiger partial charge in [-0.05, 0) is 43.9 Å². The first-order valence-corrected chi connectivity index (χ1v) is 9.28. The second-order valence-corrected chi connectivity index (χ2v) is 7.02. The van der Waals surface area contributed by atoms with Crippen LogP contribution in [0.4, 0.5) is 0 Å². The molecule has 3 heterocycles. The van der Waals surface area contributed by atoms with E-state index >= 15 is 0 Å². The molecule has 1 saturated carbocycles. The van der Waals surface area contributed by atoms with E-state index in [2.05, 4.69) is 5.10 Å². The van der Waals surface area contributed by atoms with Gasteiger partial charge in [-0.3, -0.25) is 9.48 Å². The highest BCUT2D eigenvalue weighted by Gasteiger charge is 2.26. The van der Waals surface area contributed by atoms with Crippen molar-refractivity contribution in [3.05, 3.63) is 42.1 Å². The number of carbonyl (C=O) groups is 1. The van der Waals surface area contributed by atoms with Crippen LogP contribution in [0.15, 0.2) is 35.1 Å². The summed E-state index contributed by atoms with van der Waals surface area (Å²) in [6.07, 6.45) is 10.6. The SMILES string of the molecule is O=C(c1ccn(C2CCCC2)n1)N(Cc1ccco1)C[C@H]1CCCO1. The lowest BCUT2D eigenvalue weighted by Gasteiger charge is -2.24. The highest BCUT2D eigenvalue weighted by atomic mass is 16.5. The maximum absolute atomic E-state index is 13.0. The van der Waals surface area contributed by atoms with E-state index in [0.29, 0.717) is 24.8 Å². The summed E-state index contributed by atoms with van der Waals surface area (Å²) in [6.45, 7) is 1.81. The predicted octanol–water partition coefficient (Wildman–Crippen LogP) is 3.41. The molecule has 1 saturated heterocycles. The van der Waals surface area contributed by atoms with Gasteiger partial charge in [-0.1, -0.05) is 12.8 Å². The van der Waals surface area contributed by atoms with Crippen LogP contribution in [0.25, 0.3) is 0 Å². The lowest BCUT2D eigenvalue weighted by Crippen LogP contribution is -2.37. The van der Waals surface area contributed by atoms with Gasteiger partial charge in [0.1, 0.15) is 11.5 Å². The molecule has 6 heteroatoms. The standard InChI is InChI=1S/C19H25N3O3/c23-19(18-9-10-22(20-18)15-5-1-2-6-15)21(13-16-7-3-11-24-16)14-17-8-4-12-25-17/h3,7,9-11,15,17H,1-2,4-6,8,12-14H2/t17-/m1/s1. The Bertz CT molecular complexity index is 683. The van der Waals surface area contributed by atoms with E-state index in [0.717, 1.165) is 38.1 Å². The summed E-state index contributed by atoms with van der Waals surface area (Å²) in [5, 5.41) is 4.57. The molecule has 2 aromatic heterocycles. The highest BCUT2D eigenvalue weighted by molar-refractivity contribution is 5.92. The maximum Gasteiger partial charge on any atom is 0.274 e. The fraction of sp³-hybridized carbons (Fsp3) is 0.579. The smallest absolute Gasteiger partial charge is 0.274 e. The van der Waals surface area contributed by atoms with Crippen LogP contribution in [0.2, 0.25) is 0 Å². The number of aromatic nitrogens is 2. The van der Waals surface area contributed by atoms with E-state index in [1.54, 1.807) is 11.2 Å². The van der Waals surface area contributed by atoms with Gasteiger partial charge >= 0.3 is 0 Å². The molecule has 0 unspecified atom stereocenters. The number of carbonyl (C=O) groups excluding carboxylic acids is 1. The van der Waals surface area contributed by atoms with E-state index < -0.39 is 0 Å². The molecule has 25 heavy (non-hydrogen) atoms. The van der Waals surface area contributed by atoms with Crippen molar-refractivity contribution in [1.82, 2.24) is 14.7 Å². The largest absolute Gasteiger partial charge is 0.467 e. The zero-order chi connectivity index (χ0) is 17.1. The van der Waals surface area contributed by atoms with Crippen molar-refractivity contribution >= 4 is 5.91 Å². The molecular formula is C19H25N3O3. The average Bonchev–Trinajstić information content (AvgIpc) is 3.41. The van der Waals surface area contributed by atoms with Crippen molar-refractivity contribution in [1.29, 1.82) is 0 Å². The Kier molecular flexibility index (Phi) is 4.88. The molecule has 6 nitrogen and oxygen atoms in total. The van der Waals surface area contributed by atoms with Gasteiger partial charge in [0.05, 0.1) is 25.0 Å². The van der Waals surface area contributed by atoms with E-state index in [1.165, 1.54) is 12.8 Å². The summed E-state index contributed by atoms with van der Waals surface area (Å²) in [7, 11) is 0. The Labute approximate surface area is 147 Å². The number of ether oxygens (including phenoxy) is 1. The van der Waals surface area contributed by atoms with Crippen LogP contribution in [0.1, 0.15) is 60.8 Å². The van der Waals surface area contributed by atoms with Crippen molar-refractivity contribution in [3.8, 4) is 0 Å². The molecule has 2 fully saturated rings. The quantitative estimate of drug-likeness (QED) is 0.806. The van der Waals surface area contributed by atoms with Crippen LogP contribution in [0, 0.1) is 0 Å². The highest BCUT2D eigenvalue weighted by Crippen LogP contribution is 2.29. The van der Waals surface area contributed by atoms with Crippen molar-refractivity contribution in [2.45, 2.75) is 57.2 Å². The topological polar surface area (TPSA) is 60.5 Å². The minimum atomic E-state index is -0.0522. The lowest BCUT2D eigenvalue weighted by molar-refractivity contribution is 0.0486. The Morgan fingerprint density at radius 1 is 1.24 bits per heavy atom. The van der Waals surface area contributed by atoms with Crippen LogP contribution >= 0.6 is 0 Å². The molecule has 1 aliphatic carbocycles. The average molecular weight is 343 g/mol. The number of rotatable bonds is 6. The predicted molar refractivity (Wildman–Crippen MR) is 92.2 cm³/mol. The first-order valence-electron chi connectivity index (χ1n) is 9.28. The van der Waals surface area contributed by atoms with Crippen LogP contribution in [0.3, 0.4) is 0 Å². The summed E-state index contributed by atoms with van der Waals surface area (Å²) < 4.78 is 13.1. The molecule has 134 valence electrons. The van der Waals surface area contributed by atoms with E-state index in [-0.39, 0.29) is 12.0 Å². The summed E-state index contributed by atoms with van der Waals surface area (Å²) >= 11 is 0. The number of amides is 1. The fourth-order valence-corrected chi connectivity index (χ4v) is 3.83. The molecule has 4 rings (SSSR count). The molecule has 1 atom stereocenters. The van der Waals surface area contributed by atoms with Gasteiger partial charge in [0.15, 0.2) is 0 Å². The van der Waals surface area contributed by atoms with Gasteiger partial charge in [-0.25, -0.2) is 0 Å². The third kappa shape index (κ3) is 3.79. The van der Waals surface area contributed by atoms with Crippen molar-refractivity contribution in [2.24, 2.45) is 0 Å². The zero-order valence-electron chi connectivity index (χ0n) is 14.5. The normalized spacial score (nSPS) is 21.0. The molecule has 0 radical (unpaired) electrons. The molecule has 0 aromatic carbocycles. The molecule has 0 N–H and O–H groups in total. The van der Waals surface area contributed by atoms with Crippen molar-refractivity contribution in [2.75, 3.05) is 13.2 Å². The summed E-state index contributed by atoms with van der Waals surface area (Å²) in [5.74, 6) is 0.727. The van der Waals surface area contributed by atoms with Gasteiger partial charge in [-0.2, -0.15) is 5.10 Å².